The maximum atomic E-state index is 12.9. The molecule has 144 valence electrons. The van der Waals surface area contributed by atoms with E-state index in [1.54, 1.807) is 18.2 Å². The molecule has 0 aliphatic heterocycles. The Balaban J connectivity index is 2.03. The molecule has 0 heterocycles. The molecular weight excluding hydrogens is 351 g/mol. The van der Waals surface area contributed by atoms with Crippen molar-refractivity contribution in [2.24, 2.45) is 5.92 Å². The Bertz CT molecular complexity index is 791. The fourth-order valence-electron chi connectivity index (χ4n) is 2.15. The van der Waals surface area contributed by atoms with Gasteiger partial charge in [-0.15, -0.1) is 0 Å². The molecule has 2 aromatic carbocycles. The Labute approximate surface area is 157 Å². The molecule has 0 aromatic heterocycles. The van der Waals surface area contributed by atoms with Gasteiger partial charge in [0.25, 0.3) is 11.8 Å². The number of hydrazine groups is 1. The summed E-state index contributed by atoms with van der Waals surface area (Å²) in [7, 11) is 0. The van der Waals surface area contributed by atoms with Crippen LogP contribution in [0.4, 0.5) is 4.39 Å². The molecule has 0 aliphatic carbocycles. The van der Waals surface area contributed by atoms with Gasteiger partial charge < -0.3 is 9.47 Å². The average Bonchev–Trinajstić information content (AvgIpc) is 2.65. The molecule has 2 N–H and O–H groups in total. The Kier molecular flexibility index (Phi) is 7.16. The first-order chi connectivity index (χ1) is 12.9. The van der Waals surface area contributed by atoms with Gasteiger partial charge >= 0.3 is 0 Å². The SMILES string of the molecule is CCOc1cc(C(=O)NNC(=O)c2ccc(F)cc2)ccc1OCC(C)C. The van der Waals surface area contributed by atoms with Crippen molar-refractivity contribution in [3.63, 3.8) is 0 Å². The first-order valence-electron chi connectivity index (χ1n) is 8.66. The van der Waals surface area contributed by atoms with E-state index in [2.05, 4.69) is 10.9 Å². The van der Waals surface area contributed by atoms with Crippen molar-refractivity contribution in [2.75, 3.05) is 13.2 Å². The van der Waals surface area contributed by atoms with Crippen molar-refractivity contribution in [3.05, 3.63) is 59.4 Å². The lowest BCUT2D eigenvalue weighted by Crippen LogP contribution is -2.41. The quantitative estimate of drug-likeness (QED) is 0.729. The van der Waals surface area contributed by atoms with Crippen molar-refractivity contribution in [2.45, 2.75) is 20.8 Å². The fraction of sp³-hybridized carbons (Fsp3) is 0.300. The molecule has 0 bridgehead atoms. The minimum Gasteiger partial charge on any atom is -0.490 e. The maximum Gasteiger partial charge on any atom is 0.269 e. The second-order valence-corrected chi connectivity index (χ2v) is 6.21. The Morgan fingerprint density at radius 3 is 2.11 bits per heavy atom. The molecular formula is C20H23FN2O4. The average molecular weight is 374 g/mol. The van der Waals surface area contributed by atoms with Crippen LogP contribution >= 0.6 is 0 Å². The minimum atomic E-state index is -0.551. The van der Waals surface area contributed by atoms with Gasteiger partial charge in [-0.25, -0.2) is 4.39 Å². The van der Waals surface area contributed by atoms with Gasteiger partial charge in [-0.05, 0) is 55.3 Å². The molecule has 0 spiro atoms. The lowest BCUT2D eigenvalue weighted by atomic mass is 10.2. The topological polar surface area (TPSA) is 76.7 Å². The molecule has 2 rings (SSSR count). The van der Waals surface area contributed by atoms with Gasteiger partial charge in [0.15, 0.2) is 11.5 Å². The molecule has 0 radical (unpaired) electrons. The van der Waals surface area contributed by atoms with E-state index in [1.807, 2.05) is 20.8 Å². The Morgan fingerprint density at radius 2 is 1.52 bits per heavy atom. The summed E-state index contributed by atoms with van der Waals surface area (Å²) in [5.41, 5.74) is 5.14. The summed E-state index contributed by atoms with van der Waals surface area (Å²) in [6, 6.07) is 9.78. The summed E-state index contributed by atoms with van der Waals surface area (Å²) in [6.45, 7) is 6.85. The largest absolute Gasteiger partial charge is 0.490 e. The van der Waals surface area contributed by atoms with Gasteiger partial charge in [0.05, 0.1) is 13.2 Å². The van der Waals surface area contributed by atoms with Crippen LogP contribution in [0.1, 0.15) is 41.5 Å². The third-order valence-corrected chi connectivity index (χ3v) is 3.47. The van der Waals surface area contributed by atoms with Crippen LogP contribution in [0.25, 0.3) is 0 Å². The third kappa shape index (κ3) is 5.99. The highest BCUT2D eigenvalue weighted by Crippen LogP contribution is 2.29. The summed E-state index contributed by atoms with van der Waals surface area (Å²) >= 11 is 0. The number of amides is 2. The first kappa shape index (κ1) is 20.2. The van der Waals surface area contributed by atoms with Gasteiger partial charge in [0, 0.05) is 11.1 Å². The van der Waals surface area contributed by atoms with E-state index in [0.29, 0.717) is 36.2 Å². The number of ether oxygens (including phenoxy) is 2. The number of halogens is 1. The van der Waals surface area contributed by atoms with E-state index < -0.39 is 17.6 Å². The van der Waals surface area contributed by atoms with Crippen molar-refractivity contribution in [3.8, 4) is 11.5 Å². The molecule has 0 saturated carbocycles. The third-order valence-electron chi connectivity index (χ3n) is 3.47. The number of hydrogen-bond acceptors (Lipinski definition) is 4. The van der Waals surface area contributed by atoms with Crippen LogP contribution in [0.5, 0.6) is 11.5 Å². The van der Waals surface area contributed by atoms with Crippen LogP contribution in [0.3, 0.4) is 0 Å². The van der Waals surface area contributed by atoms with Crippen LogP contribution in [0.15, 0.2) is 42.5 Å². The van der Waals surface area contributed by atoms with Gasteiger partial charge in [-0.1, -0.05) is 13.8 Å². The Morgan fingerprint density at radius 1 is 0.926 bits per heavy atom. The van der Waals surface area contributed by atoms with Crippen LogP contribution < -0.4 is 20.3 Å². The van der Waals surface area contributed by atoms with Gasteiger partial charge in [0.1, 0.15) is 5.82 Å². The van der Waals surface area contributed by atoms with E-state index in [0.717, 1.165) is 0 Å². The smallest absolute Gasteiger partial charge is 0.269 e. The van der Waals surface area contributed by atoms with Crippen LogP contribution in [0.2, 0.25) is 0 Å². The first-order valence-corrected chi connectivity index (χ1v) is 8.66. The highest BCUT2D eigenvalue weighted by atomic mass is 19.1. The highest BCUT2D eigenvalue weighted by Gasteiger charge is 2.13. The number of carbonyl (C=O) groups is 2. The number of hydrogen-bond donors (Lipinski definition) is 2. The maximum absolute atomic E-state index is 12.9. The number of carbonyl (C=O) groups excluding carboxylic acids is 2. The summed E-state index contributed by atoms with van der Waals surface area (Å²) < 4.78 is 24.1. The Hall–Kier alpha value is -3.09. The second kappa shape index (κ2) is 9.56. The van der Waals surface area contributed by atoms with E-state index in [1.165, 1.54) is 24.3 Å². The van der Waals surface area contributed by atoms with Crippen molar-refractivity contribution < 1.29 is 23.5 Å². The molecule has 2 amide bonds. The summed E-state index contributed by atoms with van der Waals surface area (Å²) in [6.07, 6.45) is 0. The van der Waals surface area contributed by atoms with Crippen LogP contribution in [0, 0.1) is 11.7 Å². The van der Waals surface area contributed by atoms with E-state index >= 15 is 0 Å². The van der Waals surface area contributed by atoms with Crippen LogP contribution in [-0.4, -0.2) is 25.0 Å². The van der Waals surface area contributed by atoms with E-state index in [9.17, 15) is 14.0 Å². The van der Waals surface area contributed by atoms with E-state index in [4.69, 9.17) is 9.47 Å². The molecule has 0 saturated heterocycles. The second-order valence-electron chi connectivity index (χ2n) is 6.21. The molecule has 27 heavy (non-hydrogen) atoms. The predicted molar refractivity (Wildman–Crippen MR) is 99.3 cm³/mol. The molecule has 6 nitrogen and oxygen atoms in total. The molecule has 2 aromatic rings. The zero-order valence-electron chi connectivity index (χ0n) is 15.5. The zero-order valence-corrected chi connectivity index (χ0v) is 15.5. The highest BCUT2D eigenvalue weighted by molar-refractivity contribution is 5.99. The normalized spacial score (nSPS) is 10.4. The van der Waals surface area contributed by atoms with Gasteiger partial charge in [0.2, 0.25) is 0 Å². The number of benzene rings is 2. The standard InChI is InChI=1S/C20H23FN2O4/c1-4-26-18-11-15(7-10-17(18)27-12-13(2)3)20(25)23-22-19(24)14-5-8-16(21)9-6-14/h5-11,13H,4,12H2,1-3H3,(H,22,24)(H,23,25). The van der Waals surface area contributed by atoms with Gasteiger partial charge in [-0.3, -0.25) is 20.4 Å². The van der Waals surface area contributed by atoms with Crippen molar-refractivity contribution in [1.82, 2.24) is 10.9 Å². The number of rotatable bonds is 7. The molecule has 0 unspecified atom stereocenters. The molecule has 7 heteroatoms. The lowest BCUT2D eigenvalue weighted by Gasteiger charge is -2.14. The summed E-state index contributed by atoms with van der Waals surface area (Å²) in [5, 5.41) is 0. The molecule has 0 atom stereocenters. The van der Waals surface area contributed by atoms with Gasteiger partial charge in [-0.2, -0.15) is 0 Å². The molecule has 0 aliphatic rings. The monoisotopic (exact) mass is 374 g/mol. The van der Waals surface area contributed by atoms with Crippen molar-refractivity contribution in [1.29, 1.82) is 0 Å². The van der Waals surface area contributed by atoms with E-state index in [-0.39, 0.29) is 5.56 Å². The van der Waals surface area contributed by atoms with Crippen LogP contribution in [-0.2, 0) is 0 Å². The zero-order chi connectivity index (χ0) is 19.8. The molecule has 0 fully saturated rings. The fourth-order valence-corrected chi connectivity index (χ4v) is 2.15. The lowest BCUT2D eigenvalue weighted by molar-refractivity contribution is 0.0846. The predicted octanol–water partition coefficient (Wildman–Crippen LogP) is 3.33. The minimum absolute atomic E-state index is 0.226. The van der Waals surface area contributed by atoms with Crippen molar-refractivity contribution >= 4 is 11.8 Å². The number of nitrogens with one attached hydrogen (secondary N) is 2. The summed E-state index contributed by atoms with van der Waals surface area (Å²) in [4.78, 5) is 24.3. The summed E-state index contributed by atoms with van der Waals surface area (Å²) in [5.74, 6) is -0.150.